The largest absolute Gasteiger partial charge is 0.391 e. The number of hydrogen-bond acceptors (Lipinski definition) is 2. The van der Waals surface area contributed by atoms with Crippen molar-refractivity contribution in [1.82, 2.24) is 10.2 Å². The fourth-order valence-corrected chi connectivity index (χ4v) is 2.99. The van der Waals surface area contributed by atoms with Gasteiger partial charge in [0.1, 0.15) is 5.82 Å². The zero-order chi connectivity index (χ0) is 14.0. The van der Waals surface area contributed by atoms with Gasteiger partial charge in [-0.05, 0) is 25.7 Å². The Morgan fingerprint density at radius 1 is 1.37 bits per heavy atom. The SMILES string of the molecule is CCCc1c(N)n[nH]c1C1CCCC(C(F)(F)F)C1. The van der Waals surface area contributed by atoms with Crippen LogP contribution in [0.4, 0.5) is 19.0 Å². The average Bonchev–Trinajstić information content (AvgIpc) is 2.71. The van der Waals surface area contributed by atoms with E-state index < -0.39 is 12.1 Å². The summed E-state index contributed by atoms with van der Waals surface area (Å²) in [5.41, 5.74) is 7.53. The van der Waals surface area contributed by atoms with Crippen molar-refractivity contribution in [3.05, 3.63) is 11.3 Å². The highest BCUT2D eigenvalue weighted by molar-refractivity contribution is 5.43. The standard InChI is InChI=1S/C13H20F3N3/c1-2-4-10-11(18-19-12(10)17)8-5-3-6-9(7-8)13(14,15)16/h8-9H,2-7H2,1H3,(H3,17,18,19). The summed E-state index contributed by atoms with van der Waals surface area (Å²) in [5, 5.41) is 6.83. The Hall–Kier alpha value is -1.20. The van der Waals surface area contributed by atoms with Crippen LogP contribution in [0.2, 0.25) is 0 Å². The van der Waals surface area contributed by atoms with Crippen LogP contribution in [-0.2, 0) is 6.42 Å². The van der Waals surface area contributed by atoms with Crippen molar-refractivity contribution in [3.8, 4) is 0 Å². The highest BCUT2D eigenvalue weighted by atomic mass is 19.4. The maximum absolute atomic E-state index is 12.8. The van der Waals surface area contributed by atoms with Crippen LogP contribution in [-0.4, -0.2) is 16.4 Å². The number of nitrogens with one attached hydrogen (secondary N) is 1. The van der Waals surface area contributed by atoms with E-state index in [0.717, 1.165) is 30.5 Å². The number of nitrogens with two attached hydrogens (primary N) is 1. The second-order valence-electron chi connectivity index (χ2n) is 5.35. The summed E-state index contributed by atoms with van der Waals surface area (Å²) in [6.45, 7) is 2.02. The number of aromatic nitrogens is 2. The molecule has 0 saturated heterocycles. The van der Waals surface area contributed by atoms with Crippen LogP contribution < -0.4 is 5.73 Å². The predicted octanol–water partition coefficient (Wildman–Crippen LogP) is 3.78. The quantitative estimate of drug-likeness (QED) is 0.882. The minimum Gasteiger partial charge on any atom is -0.382 e. The van der Waals surface area contributed by atoms with Crippen LogP contribution in [0, 0.1) is 5.92 Å². The van der Waals surface area contributed by atoms with Crippen LogP contribution in [0.15, 0.2) is 0 Å². The number of halogens is 3. The molecule has 0 amide bonds. The van der Waals surface area contributed by atoms with Gasteiger partial charge in [0.2, 0.25) is 0 Å². The first-order valence-corrected chi connectivity index (χ1v) is 6.82. The lowest BCUT2D eigenvalue weighted by molar-refractivity contribution is -0.183. The van der Waals surface area contributed by atoms with Gasteiger partial charge in [-0.3, -0.25) is 5.10 Å². The van der Waals surface area contributed by atoms with E-state index >= 15 is 0 Å². The summed E-state index contributed by atoms with van der Waals surface area (Å²) in [6, 6.07) is 0. The molecule has 0 aliphatic heterocycles. The number of alkyl halides is 3. The third kappa shape index (κ3) is 3.04. The van der Waals surface area contributed by atoms with Crippen molar-refractivity contribution in [2.24, 2.45) is 5.92 Å². The zero-order valence-electron chi connectivity index (χ0n) is 11.1. The van der Waals surface area contributed by atoms with Crippen molar-refractivity contribution < 1.29 is 13.2 Å². The van der Waals surface area contributed by atoms with Gasteiger partial charge in [0.15, 0.2) is 0 Å². The molecule has 0 aromatic carbocycles. The van der Waals surface area contributed by atoms with E-state index in [1.165, 1.54) is 0 Å². The van der Waals surface area contributed by atoms with E-state index in [1.54, 1.807) is 0 Å². The highest BCUT2D eigenvalue weighted by Gasteiger charge is 2.43. The first-order valence-electron chi connectivity index (χ1n) is 6.82. The predicted molar refractivity (Wildman–Crippen MR) is 67.7 cm³/mol. The van der Waals surface area contributed by atoms with Crippen LogP contribution >= 0.6 is 0 Å². The third-order valence-corrected chi connectivity index (χ3v) is 3.98. The fraction of sp³-hybridized carbons (Fsp3) is 0.769. The van der Waals surface area contributed by atoms with Crippen molar-refractivity contribution >= 4 is 5.82 Å². The molecule has 2 atom stereocenters. The molecule has 2 unspecified atom stereocenters. The molecule has 6 heteroatoms. The molecule has 1 aromatic rings. The Kier molecular flexibility index (Phi) is 4.06. The topological polar surface area (TPSA) is 54.7 Å². The van der Waals surface area contributed by atoms with E-state index in [2.05, 4.69) is 10.2 Å². The number of hydrogen-bond donors (Lipinski definition) is 2. The smallest absolute Gasteiger partial charge is 0.382 e. The molecule has 1 saturated carbocycles. The summed E-state index contributed by atoms with van der Waals surface area (Å²) in [5.74, 6) is -0.844. The molecule has 1 aliphatic carbocycles. The molecule has 108 valence electrons. The molecule has 1 fully saturated rings. The van der Waals surface area contributed by atoms with Crippen molar-refractivity contribution in [3.63, 3.8) is 0 Å². The summed E-state index contributed by atoms with van der Waals surface area (Å²) in [4.78, 5) is 0. The third-order valence-electron chi connectivity index (χ3n) is 3.98. The molecule has 1 aliphatic rings. The first-order chi connectivity index (χ1) is 8.93. The molecule has 1 heterocycles. The van der Waals surface area contributed by atoms with Crippen molar-refractivity contribution in [1.29, 1.82) is 0 Å². The number of anilines is 1. The summed E-state index contributed by atoms with van der Waals surface area (Å²) in [7, 11) is 0. The van der Waals surface area contributed by atoms with Crippen LogP contribution in [0.5, 0.6) is 0 Å². The lowest BCUT2D eigenvalue weighted by atomic mass is 9.78. The summed E-state index contributed by atoms with van der Waals surface area (Å²) < 4.78 is 38.5. The highest BCUT2D eigenvalue weighted by Crippen LogP contribution is 2.44. The average molecular weight is 275 g/mol. The second kappa shape index (κ2) is 5.43. The van der Waals surface area contributed by atoms with Crippen LogP contribution in [0.25, 0.3) is 0 Å². The van der Waals surface area contributed by atoms with Gasteiger partial charge in [-0.1, -0.05) is 19.8 Å². The van der Waals surface area contributed by atoms with E-state index in [-0.39, 0.29) is 18.8 Å². The number of nitrogens with zero attached hydrogens (tertiary/aromatic N) is 1. The number of H-pyrrole nitrogens is 1. The Morgan fingerprint density at radius 2 is 2.11 bits per heavy atom. The Balaban J connectivity index is 2.17. The van der Waals surface area contributed by atoms with Gasteiger partial charge in [-0.15, -0.1) is 0 Å². The van der Waals surface area contributed by atoms with Gasteiger partial charge in [-0.25, -0.2) is 0 Å². The molecule has 1 aromatic heterocycles. The number of aromatic amines is 1. The van der Waals surface area contributed by atoms with Gasteiger partial charge < -0.3 is 5.73 Å². The van der Waals surface area contributed by atoms with E-state index in [0.29, 0.717) is 12.2 Å². The van der Waals surface area contributed by atoms with Crippen LogP contribution in [0.3, 0.4) is 0 Å². The maximum atomic E-state index is 12.8. The molecule has 19 heavy (non-hydrogen) atoms. The Morgan fingerprint density at radius 3 is 2.74 bits per heavy atom. The lowest BCUT2D eigenvalue weighted by Gasteiger charge is -2.30. The molecule has 3 nitrogen and oxygen atoms in total. The maximum Gasteiger partial charge on any atom is 0.391 e. The molecule has 2 rings (SSSR count). The lowest BCUT2D eigenvalue weighted by Crippen LogP contribution is -2.28. The van der Waals surface area contributed by atoms with E-state index in [9.17, 15) is 13.2 Å². The number of rotatable bonds is 3. The van der Waals surface area contributed by atoms with Crippen molar-refractivity contribution in [2.45, 2.75) is 57.5 Å². The molecule has 0 spiro atoms. The molecule has 0 bridgehead atoms. The summed E-state index contributed by atoms with van der Waals surface area (Å²) in [6.07, 6.45) is -0.620. The molecular weight excluding hydrogens is 255 g/mol. The monoisotopic (exact) mass is 275 g/mol. The van der Waals surface area contributed by atoms with Gasteiger partial charge in [0.05, 0.1) is 5.92 Å². The summed E-state index contributed by atoms with van der Waals surface area (Å²) >= 11 is 0. The number of nitrogen functional groups attached to an aromatic ring is 1. The molecular formula is C13H20F3N3. The van der Waals surface area contributed by atoms with Gasteiger partial charge in [0, 0.05) is 17.2 Å². The second-order valence-corrected chi connectivity index (χ2v) is 5.35. The van der Waals surface area contributed by atoms with Gasteiger partial charge in [0.25, 0.3) is 0 Å². The fourth-order valence-electron chi connectivity index (χ4n) is 2.99. The normalized spacial score (nSPS) is 24.6. The van der Waals surface area contributed by atoms with Gasteiger partial charge in [-0.2, -0.15) is 18.3 Å². The van der Waals surface area contributed by atoms with Crippen LogP contribution in [0.1, 0.15) is 56.2 Å². The molecule has 0 radical (unpaired) electrons. The Labute approximate surface area is 110 Å². The zero-order valence-corrected chi connectivity index (χ0v) is 11.1. The van der Waals surface area contributed by atoms with Gasteiger partial charge >= 0.3 is 6.18 Å². The van der Waals surface area contributed by atoms with E-state index in [1.807, 2.05) is 6.92 Å². The molecule has 3 N–H and O–H groups in total. The van der Waals surface area contributed by atoms with E-state index in [4.69, 9.17) is 5.73 Å². The first kappa shape index (κ1) is 14.2. The van der Waals surface area contributed by atoms with Crippen molar-refractivity contribution in [2.75, 3.05) is 5.73 Å². The minimum absolute atomic E-state index is 0.0910. The Bertz CT molecular complexity index is 425. The minimum atomic E-state index is -4.09.